The summed E-state index contributed by atoms with van der Waals surface area (Å²) in [5.74, 6) is -0.931. The fourth-order valence-corrected chi connectivity index (χ4v) is 1.78. The first-order valence-electron chi connectivity index (χ1n) is 5.19. The van der Waals surface area contributed by atoms with Crippen molar-refractivity contribution in [2.75, 3.05) is 27.2 Å². The smallest absolute Gasteiger partial charge is 0.326 e. The molecular weight excluding hydrogens is 196 g/mol. The minimum absolute atomic E-state index is 0.0476. The van der Waals surface area contributed by atoms with Gasteiger partial charge in [-0.3, -0.25) is 4.79 Å². The molecule has 1 fully saturated rings. The van der Waals surface area contributed by atoms with Crippen molar-refractivity contribution in [2.24, 2.45) is 0 Å². The van der Waals surface area contributed by atoms with Gasteiger partial charge in [-0.1, -0.05) is 0 Å². The van der Waals surface area contributed by atoms with E-state index in [-0.39, 0.29) is 5.91 Å². The Bertz CT molecular complexity index is 253. The second kappa shape index (κ2) is 5.11. The number of aliphatic carboxylic acids is 1. The second-order valence-corrected chi connectivity index (χ2v) is 4.14. The normalized spacial score (nSPS) is 21.0. The van der Waals surface area contributed by atoms with Crippen molar-refractivity contribution in [1.82, 2.24) is 9.80 Å². The number of carbonyl (C=O) groups is 2. The van der Waals surface area contributed by atoms with Crippen LogP contribution in [0.1, 0.15) is 19.3 Å². The van der Waals surface area contributed by atoms with Crippen LogP contribution in [0.3, 0.4) is 0 Å². The van der Waals surface area contributed by atoms with E-state index in [1.54, 1.807) is 0 Å². The molecule has 5 heteroatoms. The van der Waals surface area contributed by atoms with E-state index in [2.05, 4.69) is 0 Å². The number of carboxylic acids is 1. The lowest BCUT2D eigenvalue weighted by molar-refractivity contribution is -0.148. The minimum Gasteiger partial charge on any atom is -0.480 e. The summed E-state index contributed by atoms with van der Waals surface area (Å²) < 4.78 is 0. The third-order valence-electron chi connectivity index (χ3n) is 2.63. The third-order valence-corrected chi connectivity index (χ3v) is 2.63. The molecule has 86 valence electrons. The van der Waals surface area contributed by atoms with Crippen molar-refractivity contribution in [3.05, 3.63) is 0 Å². The van der Waals surface area contributed by atoms with Crippen LogP contribution in [0.15, 0.2) is 0 Å². The van der Waals surface area contributed by atoms with E-state index in [0.29, 0.717) is 25.9 Å². The Labute approximate surface area is 89.7 Å². The molecule has 15 heavy (non-hydrogen) atoms. The van der Waals surface area contributed by atoms with Crippen molar-refractivity contribution in [2.45, 2.75) is 25.3 Å². The summed E-state index contributed by atoms with van der Waals surface area (Å²) in [6.07, 6.45) is 1.78. The highest BCUT2D eigenvalue weighted by Gasteiger charge is 2.33. The van der Waals surface area contributed by atoms with Gasteiger partial charge in [-0.25, -0.2) is 4.79 Å². The van der Waals surface area contributed by atoms with Crippen molar-refractivity contribution in [3.8, 4) is 0 Å². The highest BCUT2D eigenvalue weighted by atomic mass is 16.4. The molecule has 1 amide bonds. The van der Waals surface area contributed by atoms with E-state index in [0.717, 1.165) is 6.42 Å². The minimum atomic E-state index is -0.884. The molecule has 0 aliphatic carbocycles. The van der Waals surface area contributed by atoms with Crippen molar-refractivity contribution in [1.29, 1.82) is 0 Å². The number of nitrogens with zero attached hydrogens (tertiary/aromatic N) is 2. The summed E-state index contributed by atoms with van der Waals surface area (Å²) in [4.78, 5) is 26.0. The van der Waals surface area contributed by atoms with E-state index in [1.807, 2.05) is 19.0 Å². The summed E-state index contributed by atoms with van der Waals surface area (Å²) in [7, 11) is 3.79. The molecule has 1 unspecified atom stereocenters. The summed E-state index contributed by atoms with van der Waals surface area (Å²) in [5.41, 5.74) is 0. The Morgan fingerprint density at radius 3 is 2.67 bits per heavy atom. The summed E-state index contributed by atoms with van der Waals surface area (Å²) in [6, 6.07) is -0.598. The Kier molecular flexibility index (Phi) is 4.08. The van der Waals surface area contributed by atoms with Gasteiger partial charge in [-0.2, -0.15) is 0 Å². The number of rotatable bonds is 4. The van der Waals surface area contributed by atoms with Gasteiger partial charge in [0.15, 0.2) is 0 Å². The van der Waals surface area contributed by atoms with E-state index in [1.165, 1.54) is 4.90 Å². The van der Waals surface area contributed by atoms with E-state index in [9.17, 15) is 9.59 Å². The SMILES string of the molecule is CN(C)CCC(=O)N1CCCC1C(=O)O. The van der Waals surface area contributed by atoms with Gasteiger partial charge in [0.1, 0.15) is 6.04 Å². The van der Waals surface area contributed by atoms with Gasteiger partial charge in [0.2, 0.25) is 5.91 Å². The topological polar surface area (TPSA) is 60.9 Å². The zero-order valence-corrected chi connectivity index (χ0v) is 9.27. The monoisotopic (exact) mass is 214 g/mol. The first-order valence-corrected chi connectivity index (χ1v) is 5.19. The lowest BCUT2D eigenvalue weighted by atomic mass is 10.2. The fourth-order valence-electron chi connectivity index (χ4n) is 1.78. The summed E-state index contributed by atoms with van der Waals surface area (Å²) in [5, 5.41) is 8.91. The van der Waals surface area contributed by atoms with Crippen molar-refractivity contribution >= 4 is 11.9 Å². The number of hydrogen-bond acceptors (Lipinski definition) is 3. The van der Waals surface area contributed by atoms with Crippen molar-refractivity contribution < 1.29 is 14.7 Å². The second-order valence-electron chi connectivity index (χ2n) is 4.14. The van der Waals surface area contributed by atoms with Crippen LogP contribution < -0.4 is 0 Å². The standard InChI is InChI=1S/C10H18N2O3/c1-11(2)7-5-9(13)12-6-3-4-8(12)10(14)15/h8H,3-7H2,1-2H3,(H,14,15). The molecule has 0 aromatic rings. The molecule has 1 heterocycles. The van der Waals surface area contributed by atoms with E-state index >= 15 is 0 Å². The van der Waals surface area contributed by atoms with Crippen LogP contribution in [-0.4, -0.2) is 60.0 Å². The molecule has 0 saturated carbocycles. The molecule has 0 aromatic carbocycles. The van der Waals surface area contributed by atoms with E-state index in [4.69, 9.17) is 5.11 Å². The predicted molar refractivity (Wildman–Crippen MR) is 55.5 cm³/mol. The van der Waals surface area contributed by atoms with Gasteiger partial charge in [-0.15, -0.1) is 0 Å². The van der Waals surface area contributed by atoms with Crippen LogP contribution in [-0.2, 0) is 9.59 Å². The fraction of sp³-hybridized carbons (Fsp3) is 0.800. The van der Waals surface area contributed by atoms with Crippen LogP contribution in [0.2, 0.25) is 0 Å². The lowest BCUT2D eigenvalue weighted by Crippen LogP contribution is -2.41. The average molecular weight is 214 g/mol. The number of amides is 1. The summed E-state index contributed by atoms with van der Waals surface area (Å²) in [6.45, 7) is 1.25. The van der Waals surface area contributed by atoms with Crippen LogP contribution in [0.5, 0.6) is 0 Å². The van der Waals surface area contributed by atoms with Gasteiger partial charge < -0.3 is 14.9 Å². The molecule has 5 nitrogen and oxygen atoms in total. The summed E-state index contributed by atoms with van der Waals surface area (Å²) >= 11 is 0. The Hall–Kier alpha value is -1.10. The molecule has 1 rings (SSSR count). The molecule has 0 spiro atoms. The largest absolute Gasteiger partial charge is 0.480 e. The molecular formula is C10H18N2O3. The highest BCUT2D eigenvalue weighted by molar-refractivity contribution is 5.84. The first kappa shape index (κ1) is 12.0. The Balaban J connectivity index is 2.47. The average Bonchev–Trinajstić information content (AvgIpc) is 2.62. The van der Waals surface area contributed by atoms with Crippen LogP contribution in [0.4, 0.5) is 0 Å². The predicted octanol–water partition coefficient (Wildman–Crippen LogP) is 0.0137. The van der Waals surface area contributed by atoms with Crippen molar-refractivity contribution in [3.63, 3.8) is 0 Å². The molecule has 0 aromatic heterocycles. The van der Waals surface area contributed by atoms with Gasteiger partial charge in [0.25, 0.3) is 0 Å². The number of hydrogen-bond donors (Lipinski definition) is 1. The van der Waals surface area contributed by atoms with Crippen LogP contribution >= 0.6 is 0 Å². The maximum Gasteiger partial charge on any atom is 0.326 e. The highest BCUT2D eigenvalue weighted by Crippen LogP contribution is 2.18. The molecule has 1 atom stereocenters. The Morgan fingerprint density at radius 1 is 1.47 bits per heavy atom. The zero-order valence-electron chi connectivity index (χ0n) is 9.27. The number of carboxylic acid groups (broad SMARTS) is 1. The zero-order chi connectivity index (χ0) is 11.4. The van der Waals surface area contributed by atoms with Crippen LogP contribution in [0, 0.1) is 0 Å². The molecule has 0 radical (unpaired) electrons. The molecule has 1 aliphatic rings. The molecule has 1 N–H and O–H groups in total. The number of likely N-dealkylation sites (tertiary alicyclic amines) is 1. The van der Waals surface area contributed by atoms with E-state index < -0.39 is 12.0 Å². The van der Waals surface area contributed by atoms with Gasteiger partial charge in [0, 0.05) is 19.5 Å². The maximum atomic E-state index is 11.7. The quantitative estimate of drug-likeness (QED) is 0.716. The number of carbonyl (C=O) groups excluding carboxylic acids is 1. The third kappa shape index (κ3) is 3.20. The molecule has 0 bridgehead atoms. The van der Waals surface area contributed by atoms with Crippen LogP contribution in [0.25, 0.3) is 0 Å². The molecule has 1 aliphatic heterocycles. The maximum absolute atomic E-state index is 11.7. The first-order chi connectivity index (χ1) is 7.02. The lowest BCUT2D eigenvalue weighted by Gasteiger charge is -2.22. The van der Waals surface area contributed by atoms with Gasteiger partial charge in [0.05, 0.1) is 0 Å². The van der Waals surface area contributed by atoms with Gasteiger partial charge >= 0.3 is 5.97 Å². The Morgan fingerprint density at radius 2 is 2.13 bits per heavy atom. The molecule has 1 saturated heterocycles. The van der Waals surface area contributed by atoms with Gasteiger partial charge in [-0.05, 0) is 26.9 Å².